The molecule has 3 rings (SSSR count). The van der Waals surface area contributed by atoms with Crippen LogP contribution in [0, 0.1) is 0 Å². The first-order valence-corrected chi connectivity index (χ1v) is 11.4. The van der Waals surface area contributed by atoms with Crippen LogP contribution < -0.4 is 19.1 Å². The van der Waals surface area contributed by atoms with Gasteiger partial charge in [-0.1, -0.05) is 29.8 Å². The van der Waals surface area contributed by atoms with Crippen LogP contribution in [0.2, 0.25) is 5.02 Å². The number of rotatable bonds is 7. The van der Waals surface area contributed by atoms with Gasteiger partial charge < -0.3 is 15.2 Å². The summed E-state index contributed by atoms with van der Waals surface area (Å²) in [7, 11) is -3.32. The highest BCUT2D eigenvalue weighted by Gasteiger charge is 2.50. The third kappa shape index (κ3) is 4.93. The molecule has 2 N–H and O–H groups in total. The molecule has 0 spiro atoms. The second kappa shape index (κ2) is 9.14. The normalized spacial score (nSPS) is 18.9. The van der Waals surface area contributed by atoms with Crippen molar-refractivity contribution in [3.63, 3.8) is 0 Å². The molecule has 0 aromatic heterocycles. The molecule has 2 aromatic rings. The highest BCUT2D eigenvalue weighted by molar-refractivity contribution is 7.91. The summed E-state index contributed by atoms with van der Waals surface area (Å²) >= 11 is 6.35. The van der Waals surface area contributed by atoms with Crippen LogP contribution in [0.25, 0.3) is 0 Å². The minimum atomic E-state index is -4.92. The molecule has 1 unspecified atom stereocenters. The Morgan fingerprint density at radius 1 is 1.12 bits per heavy atom. The van der Waals surface area contributed by atoms with E-state index in [-0.39, 0.29) is 29.5 Å². The molecule has 0 radical (unpaired) electrons. The molecule has 0 aliphatic carbocycles. The van der Waals surface area contributed by atoms with Crippen LogP contribution in [0.1, 0.15) is 0 Å². The Kier molecular flexibility index (Phi) is 6.89. The minimum Gasteiger partial charge on any atom is -0.493 e. The summed E-state index contributed by atoms with van der Waals surface area (Å²) < 4.78 is 75.3. The van der Waals surface area contributed by atoms with E-state index in [1.165, 1.54) is 37.6 Å². The monoisotopic (exact) mass is 489 g/mol. The van der Waals surface area contributed by atoms with Gasteiger partial charge in [-0.25, -0.2) is 0 Å². The Balaban J connectivity index is 2.08. The van der Waals surface area contributed by atoms with E-state index in [0.717, 1.165) is 0 Å². The van der Waals surface area contributed by atoms with Gasteiger partial charge in [-0.3, -0.25) is 0 Å². The van der Waals surface area contributed by atoms with Crippen molar-refractivity contribution in [2.45, 2.75) is 6.18 Å². The summed E-state index contributed by atoms with van der Waals surface area (Å²) in [6.07, 6.45) is -0.643. The fourth-order valence-electron chi connectivity index (χ4n) is 3.33. The molecule has 172 valence electrons. The van der Waals surface area contributed by atoms with Gasteiger partial charge in [0.15, 0.2) is 22.9 Å². The predicted molar refractivity (Wildman–Crippen MR) is 117 cm³/mol. The first-order chi connectivity index (χ1) is 15.0. The lowest BCUT2D eigenvalue weighted by Gasteiger charge is -2.34. The third-order valence-electron chi connectivity index (χ3n) is 4.80. The molecule has 0 bridgehead atoms. The number of quaternary nitrogens is 1. The maximum Gasteiger partial charge on any atom is 0.408 e. The quantitative estimate of drug-likeness (QED) is 0.568. The maximum atomic E-state index is 13.1. The number of hydrogen-bond acceptors (Lipinski definition) is 5. The standard InChI is InChI=1S/C21H21ClF3N2O4S/c1-30-19-6-2-3-7-20(19)31-18-9-8-16(11-17(18)22)27(10-4-5-15(12-26)13-27)32(28,29)14-21(23,24)25/h2-9,11,13H,10,12,14,26H2,1H3/q+1. The van der Waals surface area contributed by atoms with Crippen molar-refractivity contribution in [1.82, 2.24) is 3.89 Å². The van der Waals surface area contributed by atoms with Gasteiger partial charge >= 0.3 is 16.2 Å². The lowest BCUT2D eigenvalue weighted by atomic mass is 10.2. The summed E-state index contributed by atoms with van der Waals surface area (Å²) in [4.78, 5) is 0. The number of methoxy groups -OCH3 is 1. The van der Waals surface area contributed by atoms with E-state index in [0.29, 0.717) is 17.1 Å². The van der Waals surface area contributed by atoms with Crippen molar-refractivity contribution in [3.8, 4) is 17.2 Å². The SMILES string of the molecule is COc1ccccc1Oc1ccc([N+]2(S(=O)(=O)CC(F)(F)F)C=C(CN)C=CC2)cc1Cl. The van der Waals surface area contributed by atoms with Crippen LogP contribution >= 0.6 is 11.6 Å². The average molecular weight is 490 g/mol. The fourth-order valence-corrected chi connectivity index (χ4v) is 5.23. The highest BCUT2D eigenvalue weighted by atomic mass is 35.5. The number of hydrogen-bond donors (Lipinski definition) is 1. The molecule has 1 aliphatic heterocycles. The smallest absolute Gasteiger partial charge is 0.408 e. The van der Waals surface area contributed by atoms with Gasteiger partial charge in [-0.05, 0) is 24.3 Å². The molecule has 2 aromatic carbocycles. The molecule has 1 aliphatic rings. The summed E-state index contributed by atoms with van der Waals surface area (Å²) in [5.41, 5.74) is 6.05. The first kappa shape index (κ1) is 24.1. The lowest BCUT2D eigenvalue weighted by Crippen LogP contribution is -2.54. The van der Waals surface area contributed by atoms with Crippen molar-refractivity contribution in [3.05, 3.63) is 71.4 Å². The molecule has 1 atom stereocenters. The number of ether oxygens (including phenoxy) is 2. The molecular weight excluding hydrogens is 469 g/mol. The summed E-state index contributed by atoms with van der Waals surface area (Å²) in [6, 6.07) is 10.9. The van der Waals surface area contributed by atoms with Crippen LogP contribution in [0.15, 0.2) is 66.4 Å². The zero-order valence-electron chi connectivity index (χ0n) is 17.0. The van der Waals surface area contributed by atoms with Gasteiger partial charge in [0.25, 0.3) is 0 Å². The lowest BCUT2D eigenvalue weighted by molar-refractivity contribution is -0.106. The van der Waals surface area contributed by atoms with Crippen LogP contribution in [0.3, 0.4) is 0 Å². The summed E-state index contributed by atoms with van der Waals surface area (Å²) in [6.45, 7) is -0.286. The van der Waals surface area contributed by atoms with Crippen molar-refractivity contribution in [2.24, 2.45) is 5.73 Å². The van der Waals surface area contributed by atoms with E-state index in [9.17, 15) is 21.6 Å². The third-order valence-corrected chi connectivity index (χ3v) is 7.25. The zero-order chi connectivity index (χ0) is 23.6. The van der Waals surface area contributed by atoms with Crippen LogP contribution in [0.5, 0.6) is 17.2 Å². The van der Waals surface area contributed by atoms with E-state index in [1.54, 1.807) is 30.3 Å². The summed E-state index contributed by atoms with van der Waals surface area (Å²) in [5.74, 6) is -1.01. The number of alkyl halides is 3. The molecular formula is C21H21ClF3N2O4S+. The average Bonchev–Trinajstić information content (AvgIpc) is 2.73. The van der Waals surface area contributed by atoms with Gasteiger partial charge in [-0.2, -0.15) is 25.5 Å². The van der Waals surface area contributed by atoms with Crippen molar-refractivity contribution >= 4 is 27.3 Å². The van der Waals surface area contributed by atoms with Crippen molar-refractivity contribution in [2.75, 3.05) is 26.0 Å². The van der Waals surface area contributed by atoms with E-state index in [2.05, 4.69) is 0 Å². The molecule has 0 saturated heterocycles. The number of benzene rings is 2. The minimum absolute atomic E-state index is 0.0189. The van der Waals surface area contributed by atoms with E-state index < -0.39 is 25.8 Å². The zero-order valence-corrected chi connectivity index (χ0v) is 18.5. The number of para-hydroxylation sites is 2. The van der Waals surface area contributed by atoms with E-state index >= 15 is 0 Å². The first-order valence-electron chi connectivity index (χ1n) is 9.38. The molecule has 0 saturated carbocycles. The Bertz CT molecular complexity index is 1170. The Hall–Kier alpha value is -2.53. The Labute approximate surface area is 188 Å². The van der Waals surface area contributed by atoms with Gasteiger partial charge in [0.1, 0.15) is 18.5 Å². The molecule has 6 nitrogen and oxygen atoms in total. The maximum absolute atomic E-state index is 13.1. The van der Waals surface area contributed by atoms with E-state index in [1.807, 2.05) is 0 Å². The van der Waals surface area contributed by atoms with Crippen LogP contribution in [-0.2, 0) is 10.0 Å². The molecule has 11 heteroatoms. The summed E-state index contributed by atoms with van der Waals surface area (Å²) in [5, 5.41) is 0.0189. The fraction of sp³-hybridized carbons (Fsp3) is 0.238. The van der Waals surface area contributed by atoms with Crippen molar-refractivity contribution in [1.29, 1.82) is 0 Å². The largest absolute Gasteiger partial charge is 0.493 e. The van der Waals surface area contributed by atoms with Gasteiger partial charge in [-0.15, -0.1) is 0 Å². The molecule has 0 fully saturated rings. The second-order valence-electron chi connectivity index (χ2n) is 7.00. The van der Waals surface area contributed by atoms with Gasteiger partial charge in [0.05, 0.1) is 12.1 Å². The second-order valence-corrected chi connectivity index (χ2v) is 9.51. The van der Waals surface area contributed by atoms with Crippen LogP contribution in [-0.4, -0.2) is 40.5 Å². The van der Waals surface area contributed by atoms with Gasteiger partial charge in [0, 0.05) is 24.3 Å². The number of nitrogens with zero attached hydrogens (tertiary/aromatic N) is 1. The van der Waals surface area contributed by atoms with Crippen molar-refractivity contribution < 1.29 is 31.1 Å². The van der Waals surface area contributed by atoms with Gasteiger partial charge in [0.2, 0.25) is 0 Å². The van der Waals surface area contributed by atoms with Crippen LogP contribution in [0.4, 0.5) is 18.9 Å². The molecule has 32 heavy (non-hydrogen) atoms. The molecule has 0 amide bonds. The number of halogens is 4. The van der Waals surface area contributed by atoms with E-state index in [4.69, 9.17) is 26.8 Å². The highest BCUT2D eigenvalue weighted by Crippen LogP contribution is 2.41. The topological polar surface area (TPSA) is 78.6 Å². The predicted octanol–water partition coefficient (Wildman–Crippen LogP) is 4.75. The Morgan fingerprint density at radius 3 is 2.41 bits per heavy atom. The number of sulfonamides is 1. The Morgan fingerprint density at radius 2 is 1.81 bits per heavy atom. The molecule has 1 heterocycles. The number of nitrogens with two attached hydrogens (primary N) is 1.